The Balaban J connectivity index is 1.42. The summed E-state index contributed by atoms with van der Waals surface area (Å²) in [7, 11) is 1.66. The molecule has 1 aliphatic rings. The van der Waals surface area contributed by atoms with E-state index < -0.39 is 0 Å². The van der Waals surface area contributed by atoms with Crippen LogP contribution in [0.5, 0.6) is 5.75 Å². The fourth-order valence-corrected chi connectivity index (χ4v) is 3.86. The highest BCUT2D eigenvalue weighted by Crippen LogP contribution is 2.34. The van der Waals surface area contributed by atoms with Crippen LogP contribution in [0, 0.1) is 12.7 Å². The first-order valence-electron chi connectivity index (χ1n) is 10.2. The molecule has 0 spiro atoms. The minimum atomic E-state index is -0.253. The van der Waals surface area contributed by atoms with E-state index in [-0.39, 0.29) is 5.82 Å². The maximum Gasteiger partial charge on any atom is 0.248 e. The Morgan fingerprint density at radius 3 is 2.65 bits per heavy atom. The number of aromatic nitrogens is 4. The van der Waals surface area contributed by atoms with Gasteiger partial charge in [0.15, 0.2) is 0 Å². The largest absolute Gasteiger partial charge is 0.496 e. The summed E-state index contributed by atoms with van der Waals surface area (Å²) in [5, 5.41) is 7.89. The molecule has 0 bridgehead atoms. The smallest absolute Gasteiger partial charge is 0.248 e. The number of rotatable bonds is 5. The normalized spacial score (nSPS) is 13.2. The third kappa shape index (κ3) is 3.72. The van der Waals surface area contributed by atoms with Gasteiger partial charge in [-0.15, -0.1) is 5.10 Å². The summed E-state index contributed by atoms with van der Waals surface area (Å²) in [6.45, 7) is 3.62. The number of nitrogens with one attached hydrogen (secondary N) is 2. The van der Waals surface area contributed by atoms with Crippen LogP contribution in [-0.4, -0.2) is 33.4 Å². The van der Waals surface area contributed by atoms with Gasteiger partial charge in [-0.3, -0.25) is 0 Å². The van der Waals surface area contributed by atoms with Gasteiger partial charge >= 0.3 is 0 Å². The minimum Gasteiger partial charge on any atom is -0.496 e. The summed E-state index contributed by atoms with van der Waals surface area (Å²) in [4.78, 5) is 10.1. The van der Waals surface area contributed by atoms with Gasteiger partial charge in [0.25, 0.3) is 0 Å². The standard InChI is InChI=1S/C23H23FN6O/c1-15-4-11-20(25-15)19-10-7-17(14-21(19)31-2)26-22-27-23-29(12-3-13-30(23)28-22)18-8-5-16(24)6-9-18/h4-11,14,25H,3,12-13H2,1-2H3,(H,26,28). The Labute approximate surface area is 179 Å². The maximum absolute atomic E-state index is 13.3. The van der Waals surface area contributed by atoms with E-state index in [1.807, 2.05) is 41.9 Å². The van der Waals surface area contributed by atoms with E-state index in [0.29, 0.717) is 5.95 Å². The van der Waals surface area contributed by atoms with Gasteiger partial charge < -0.3 is 19.9 Å². The van der Waals surface area contributed by atoms with Crippen molar-refractivity contribution in [3.63, 3.8) is 0 Å². The molecule has 8 heteroatoms. The van der Waals surface area contributed by atoms with Gasteiger partial charge in [-0.25, -0.2) is 9.07 Å². The number of halogens is 1. The van der Waals surface area contributed by atoms with Crippen molar-refractivity contribution in [2.45, 2.75) is 19.9 Å². The molecule has 2 aromatic heterocycles. The molecule has 7 nitrogen and oxygen atoms in total. The lowest BCUT2D eigenvalue weighted by molar-refractivity contribution is 0.416. The SMILES string of the molecule is COc1cc(Nc2nc3n(n2)CCCN3c2ccc(F)cc2)ccc1-c1ccc(C)[nH]1. The molecule has 0 unspecified atom stereocenters. The summed E-state index contributed by atoms with van der Waals surface area (Å²) < 4.78 is 20.8. The van der Waals surface area contributed by atoms with Crippen molar-refractivity contribution in [2.24, 2.45) is 0 Å². The molecule has 0 amide bonds. The quantitative estimate of drug-likeness (QED) is 0.476. The van der Waals surface area contributed by atoms with Gasteiger partial charge in [-0.05, 0) is 61.9 Å². The van der Waals surface area contributed by atoms with Crippen molar-refractivity contribution in [1.29, 1.82) is 0 Å². The van der Waals surface area contributed by atoms with Gasteiger partial charge in [-0.1, -0.05) is 0 Å². The Hall–Kier alpha value is -3.81. The fourth-order valence-electron chi connectivity index (χ4n) is 3.86. The van der Waals surface area contributed by atoms with Crippen LogP contribution in [0.2, 0.25) is 0 Å². The molecule has 1 aliphatic heterocycles. The topological polar surface area (TPSA) is 71.0 Å². The third-order valence-electron chi connectivity index (χ3n) is 5.36. The third-order valence-corrected chi connectivity index (χ3v) is 5.36. The summed E-state index contributed by atoms with van der Waals surface area (Å²) >= 11 is 0. The monoisotopic (exact) mass is 418 g/mol. The summed E-state index contributed by atoms with van der Waals surface area (Å²) in [6.07, 6.45) is 0.936. The van der Waals surface area contributed by atoms with Crippen molar-refractivity contribution in [1.82, 2.24) is 19.7 Å². The van der Waals surface area contributed by atoms with Crippen LogP contribution < -0.4 is 15.0 Å². The lowest BCUT2D eigenvalue weighted by Gasteiger charge is -2.27. The molecule has 3 heterocycles. The lowest BCUT2D eigenvalue weighted by Crippen LogP contribution is -2.28. The number of aromatic amines is 1. The van der Waals surface area contributed by atoms with Crippen LogP contribution in [0.4, 0.5) is 27.7 Å². The van der Waals surface area contributed by atoms with E-state index >= 15 is 0 Å². The van der Waals surface area contributed by atoms with Crippen molar-refractivity contribution in [3.8, 4) is 17.0 Å². The molecule has 31 heavy (non-hydrogen) atoms. The highest BCUT2D eigenvalue weighted by atomic mass is 19.1. The zero-order valence-electron chi connectivity index (χ0n) is 17.4. The molecule has 2 aromatic carbocycles. The Kier molecular flexibility index (Phi) is 4.82. The van der Waals surface area contributed by atoms with Gasteiger partial charge in [0.1, 0.15) is 11.6 Å². The first-order valence-corrected chi connectivity index (χ1v) is 10.2. The number of H-pyrrole nitrogens is 1. The molecule has 0 saturated heterocycles. The van der Waals surface area contributed by atoms with Crippen LogP contribution in [0.3, 0.4) is 0 Å². The first kappa shape index (κ1) is 19.2. The predicted molar refractivity (Wildman–Crippen MR) is 119 cm³/mol. The average Bonchev–Trinajstić information content (AvgIpc) is 3.39. The number of ether oxygens (including phenoxy) is 1. The van der Waals surface area contributed by atoms with Crippen LogP contribution in [0.15, 0.2) is 54.6 Å². The first-order chi connectivity index (χ1) is 15.1. The summed E-state index contributed by atoms with van der Waals surface area (Å²) in [5.41, 5.74) is 4.82. The lowest BCUT2D eigenvalue weighted by atomic mass is 10.1. The molecule has 0 fully saturated rings. The number of hydrogen-bond donors (Lipinski definition) is 2. The molecule has 0 radical (unpaired) electrons. The Bertz CT molecular complexity index is 1210. The second-order valence-corrected chi connectivity index (χ2v) is 7.54. The van der Waals surface area contributed by atoms with Crippen LogP contribution in [0.25, 0.3) is 11.3 Å². The van der Waals surface area contributed by atoms with E-state index in [2.05, 4.69) is 20.3 Å². The van der Waals surface area contributed by atoms with Crippen LogP contribution in [-0.2, 0) is 6.54 Å². The zero-order valence-corrected chi connectivity index (χ0v) is 17.4. The van der Waals surface area contributed by atoms with Crippen molar-refractivity contribution in [2.75, 3.05) is 23.9 Å². The van der Waals surface area contributed by atoms with Gasteiger partial charge in [0.2, 0.25) is 11.9 Å². The average molecular weight is 418 g/mol. The molecular weight excluding hydrogens is 395 g/mol. The highest BCUT2D eigenvalue weighted by molar-refractivity contribution is 5.72. The van der Waals surface area contributed by atoms with E-state index in [4.69, 9.17) is 9.72 Å². The number of benzene rings is 2. The molecule has 4 aromatic rings. The molecule has 2 N–H and O–H groups in total. The number of aryl methyl sites for hydroxylation is 2. The minimum absolute atomic E-state index is 0.253. The Morgan fingerprint density at radius 1 is 1.06 bits per heavy atom. The highest BCUT2D eigenvalue weighted by Gasteiger charge is 2.23. The van der Waals surface area contributed by atoms with Crippen molar-refractivity contribution in [3.05, 3.63) is 66.1 Å². The fraction of sp³-hybridized carbons (Fsp3) is 0.217. The predicted octanol–water partition coefficient (Wildman–Crippen LogP) is 5.01. The molecule has 0 atom stereocenters. The van der Waals surface area contributed by atoms with E-state index in [1.54, 1.807) is 19.2 Å². The van der Waals surface area contributed by atoms with Crippen LogP contribution in [0.1, 0.15) is 12.1 Å². The number of nitrogens with zero attached hydrogens (tertiary/aromatic N) is 4. The molecular formula is C23H23FN6O. The number of fused-ring (bicyclic) bond motifs is 1. The second-order valence-electron chi connectivity index (χ2n) is 7.54. The van der Waals surface area contributed by atoms with Crippen LogP contribution >= 0.6 is 0 Å². The van der Waals surface area contributed by atoms with Gasteiger partial charge in [0.05, 0.1) is 7.11 Å². The number of methoxy groups -OCH3 is 1. The van der Waals surface area contributed by atoms with E-state index in [9.17, 15) is 4.39 Å². The second kappa shape index (κ2) is 7.79. The summed E-state index contributed by atoms with van der Waals surface area (Å²) in [6, 6.07) is 16.4. The van der Waals surface area contributed by atoms with Gasteiger partial charge in [0, 0.05) is 47.5 Å². The Morgan fingerprint density at radius 2 is 1.90 bits per heavy atom. The number of hydrogen-bond acceptors (Lipinski definition) is 5. The molecule has 0 saturated carbocycles. The molecule has 5 rings (SSSR count). The number of anilines is 4. The zero-order chi connectivity index (χ0) is 21.4. The van der Waals surface area contributed by atoms with Crippen molar-refractivity contribution < 1.29 is 9.13 Å². The van der Waals surface area contributed by atoms with Crippen molar-refractivity contribution >= 4 is 23.3 Å². The van der Waals surface area contributed by atoms with E-state index in [1.165, 1.54) is 12.1 Å². The van der Waals surface area contributed by atoms with Gasteiger partial charge in [-0.2, -0.15) is 4.98 Å². The van der Waals surface area contributed by atoms with E-state index in [0.717, 1.165) is 59.5 Å². The summed E-state index contributed by atoms with van der Waals surface area (Å²) in [5.74, 6) is 1.75. The maximum atomic E-state index is 13.3. The molecule has 0 aliphatic carbocycles. The molecule has 158 valence electrons.